The Morgan fingerprint density at radius 2 is 1.96 bits per heavy atom. The maximum absolute atomic E-state index is 15.9. The van der Waals surface area contributed by atoms with E-state index in [2.05, 4.69) is 10.3 Å². The highest BCUT2D eigenvalue weighted by molar-refractivity contribution is 5.99. The maximum Gasteiger partial charge on any atom is 0.354 e. The molecule has 1 saturated heterocycles. The number of aromatic nitrogens is 2. The van der Waals surface area contributed by atoms with Crippen molar-refractivity contribution in [3.05, 3.63) is 22.7 Å². The molecule has 0 unspecified atom stereocenters. The molecule has 3 N–H and O–H groups in total. The number of carbonyl (C=O) groups is 2. The van der Waals surface area contributed by atoms with Crippen molar-refractivity contribution in [2.75, 3.05) is 11.9 Å². The van der Waals surface area contributed by atoms with Gasteiger partial charge in [0.2, 0.25) is 5.60 Å². The first-order chi connectivity index (χ1) is 13.0. The Bertz CT molecular complexity index is 830. The van der Waals surface area contributed by atoms with E-state index in [4.69, 9.17) is 4.74 Å². The largest absolute Gasteiger partial charge is 0.376 e. The van der Waals surface area contributed by atoms with E-state index in [1.807, 2.05) is 6.92 Å². The number of alkyl halides is 1. The first-order valence-corrected chi connectivity index (χ1v) is 9.14. The molecule has 1 aromatic heterocycles. The SMILES string of the molecule is CCCCCNc1ccn([C@]2(F)O[C@H](C)[C@](O)(C(C)=O)[C@]2(O)C(C)=O)c(=O)n1. The standard InChI is InChI=1S/C18H26FN3O6/c1-5-6-7-9-20-14-8-10-22(15(25)21-14)18(19)17(27,12(3)24)16(26,11(2)23)13(4)28-18/h8,10,13,26-27H,5-7,9H2,1-4H3,(H,20,21,25)/t13-,16-,17-,18+/m1/s1. The molecular formula is C18H26FN3O6. The van der Waals surface area contributed by atoms with Crippen LogP contribution in [0.25, 0.3) is 0 Å². The zero-order chi connectivity index (χ0) is 21.3. The minimum Gasteiger partial charge on any atom is -0.376 e. The fourth-order valence-corrected chi connectivity index (χ4v) is 3.50. The van der Waals surface area contributed by atoms with Crippen LogP contribution in [0.2, 0.25) is 0 Å². The van der Waals surface area contributed by atoms with Crippen molar-refractivity contribution < 1.29 is 28.9 Å². The summed E-state index contributed by atoms with van der Waals surface area (Å²) in [7, 11) is 0. The lowest BCUT2D eigenvalue weighted by molar-refractivity contribution is -0.271. The Labute approximate surface area is 161 Å². The van der Waals surface area contributed by atoms with Crippen molar-refractivity contribution in [2.45, 2.75) is 70.2 Å². The highest BCUT2D eigenvalue weighted by atomic mass is 19.2. The number of carbonyl (C=O) groups excluding carboxylic acids is 2. The average molecular weight is 399 g/mol. The molecule has 0 saturated carbocycles. The van der Waals surface area contributed by atoms with Crippen molar-refractivity contribution in [3.8, 4) is 0 Å². The minimum absolute atomic E-state index is 0.181. The van der Waals surface area contributed by atoms with Crippen LogP contribution in [-0.2, 0) is 20.3 Å². The lowest BCUT2D eigenvalue weighted by Gasteiger charge is -2.38. The summed E-state index contributed by atoms with van der Waals surface area (Å²) in [6.07, 6.45) is 2.19. The highest BCUT2D eigenvalue weighted by Crippen LogP contribution is 2.51. The topological polar surface area (TPSA) is 131 Å². The number of rotatable bonds is 8. The van der Waals surface area contributed by atoms with Crippen molar-refractivity contribution in [1.82, 2.24) is 9.55 Å². The molecule has 0 aliphatic carbocycles. The number of ketones is 2. The molecule has 156 valence electrons. The Morgan fingerprint density at radius 3 is 2.46 bits per heavy atom. The summed E-state index contributed by atoms with van der Waals surface area (Å²) in [5, 5.41) is 24.5. The van der Waals surface area contributed by atoms with Gasteiger partial charge in [0.15, 0.2) is 17.2 Å². The molecule has 2 rings (SSSR count). The Balaban J connectivity index is 2.49. The van der Waals surface area contributed by atoms with E-state index < -0.39 is 40.5 Å². The van der Waals surface area contributed by atoms with Gasteiger partial charge in [-0.2, -0.15) is 9.37 Å². The summed E-state index contributed by atoms with van der Waals surface area (Å²) in [6.45, 7) is 5.41. The van der Waals surface area contributed by atoms with E-state index in [0.717, 1.165) is 46.2 Å². The van der Waals surface area contributed by atoms with Crippen LogP contribution in [0, 0.1) is 0 Å². The van der Waals surface area contributed by atoms with Gasteiger partial charge < -0.3 is 20.3 Å². The second-order valence-corrected chi connectivity index (χ2v) is 7.01. The second kappa shape index (κ2) is 7.69. The van der Waals surface area contributed by atoms with E-state index in [1.165, 1.54) is 6.07 Å². The summed E-state index contributed by atoms with van der Waals surface area (Å²) in [5.74, 6) is -5.69. The lowest BCUT2D eigenvalue weighted by atomic mass is 9.74. The van der Waals surface area contributed by atoms with Gasteiger partial charge in [0.25, 0.3) is 0 Å². The van der Waals surface area contributed by atoms with Crippen LogP contribution in [0.15, 0.2) is 17.1 Å². The van der Waals surface area contributed by atoms with Crippen LogP contribution in [-0.4, -0.2) is 55.2 Å². The molecule has 0 bridgehead atoms. The van der Waals surface area contributed by atoms with Gasteiger partial charge in [-0.1, -0.05) is 19.8 Å². The molecule has 4 atom stereocenters. The zero-order valence-electron chi connectivity index (χ0n) is 16.4. The van der Waals surface area contributed by atoms with Crippen LogP contribution in [0.3, 0.4) is 0 Å². The van der Waals surface area contributed by atoms with Crippen molar-refractivity contribution in [1.29, 1.82) is 0 Å². The van der Waals surface area contributed by atoms with Gasteiger partial charge in [0.05, 0.1) is 6.10 Å². The van der Waals surface area contributed by atoms with Crippen LogP contribution >= 0.6 is 0 Å². The van der Waals surface area contributed by atoms with Crippen LogP contribution in [0.5, 0.6) is 0 Å². The van der Waals surface area contributed by atoms with Gasteiger partial charge >= 0.3 is 11.7 Å². The normalized spacial score (nSPS) is 32.3. The van der Waals surface area contributed by atoms with Crippen LogP contribution < -0.4 is 11.0 Å². The Morgan fingerprint density at radius 1 is 1.32 bits per heavy atom. The van der Waals surface area contributed by atoms with Gasteiger partial charge in [-0.05, 0) is 33.3 Å². The van der Waals surface area contributed by atoms with Crippen molar-refractivity contribution in [3.63, 3.8) is 0 Å². The van der Waals surface area contributed by atoms with E-state index in [0.29, 0.717) is 6.54 Å². The molecule has 0 amide bonds. The van der Waals surface area contributed by atoms with Gasteiger partial charge in [-0.15, -0.1) is 0 Å². The van der Waals surface area contributed by atoms with E-state index >= 15 is 4.39 Å². The highest BCUT2D eigenvalue weighted by Gasteiger charge is 2.79. The third-order valence-electron chi connectivity index (χ3n) is 5.17. The lowest BCUT2D eigenvalue weighted by Crippen LogP contribution is -2.70. The number of unbranched alkanes of at least 4 members (excludes halogenated alkanes) is 2. The summed E-state index contributed by atoms with van der Waals surface area (Å²) in [5.41, 5.74) is -7.39. The third kappa shape index (κ3) is 3.05. The smallest absolute Gasteiger partial charge is 0.354 e. The number of halogens is 1. The van der Waals surface area contributed by atoms with Gasteiger partial charge in [-0.3, -0.25) is 9.59 Å². The third-order valence-corrected chi connectivity index (χ3v) is 5.17. The summed E-state index contributed by atoms with van der Waals surface area (Å²) in [4.78, 5) is 40.3. The Kier molecular flexibility index (Phi) is 6.07. The van der Waals surface area contributed by atoms with E-state index in [-0.39, 0.29) is 10.4 Å². The molecule has 1 aliphatic heterocycles. The summed E-state index contributed by atoms with van der Waals surface area (Å²) >= 11 is 0. The van der Waals surface area contributed by atoms with Crippen molar-refractivity contribution >= 4 is 17.4 Å². The summed E-state index contributed by atoms with van der Waals surface area (Å²) < 4.78 is 21.2. The molecule has 0 radical (unpaired) electrons. The quantitative estimate of drug-likeness (QED) is 0.538. The second-order valence-electron chi connectivity index (χ2n) is 7.01. The molecular weight excluding hydrogens is 373 g/mol. The molecule has 0 aromatic carbocycles. The summed E-state index contributed by atoms with van der Waals surface area (Å²) in [6, 6.07) is 1.27. The van der Waals surface area contributed by atoms with Crippen molar-refractivity contribution in [2.24, 2.45) is 0 Å². The Hall–Kier alpha value is -2.17. The molecule has 1 aliphatic rings. The molecule has 28 heavy (non-hydrogen) atoms. The number of ether oxygens (including phenoxy) is 1. The predicted octanol–water partition coefficient (Wildman–Crippen LogP) is 0.484. The monoisotopic (exact) mass is 399 g/mol. The average Bonchev–Trinajstić information content (AvgIpc) is 2.78. The molecule has 1 fully saturated rings. The number of aliphatic hydroxyl groups is 2. The number of Topliss-reactive ketones (excluding diaryl/α,β-unsaturated/α-hetero) is 2. The number of hydrogen-bond donors (Lipinski definition) is 3. The van der Waals surface area contributed by atoms with E-state index in [9.17, 15) is 24.6 Å². The van der Waals surface area contributed by atoms with Gasteiger partial charge in [0, 0.05) is 12.7 Å². The minimum atomic E-state index is -3.52. The van der Waals surface area contributed by atoms with E-state index in [1.54, 1.807) is 0 Å². The van der Waals surface area contributed by atoms with Gasteiger partial charge in [-0.25, -0.2) is 9.36 Å². The molecule has 10 heteroatoms. The van der Waals surface area contributed by atoms with Crippen LogP contribution in [0.1, 0.15) is 47.0 Å². The fraction of sp³-hybridized carbons (Fsp3) is 0.667. The fourth-order valence-electron chi connectivity index (χ4n) is 3.50. The molecule has 2 heterocycles. The number of nitrogens with zero attached hydrogens (tertiary/aromatic N) is 2. The first-order valence-electron chi connectivity index (χ1n) is 9.14. The number of nitrogens with one attached hydrogen (secondary N) is 1. The number of hydrogen-bond acceptors (Lipinski definition) is 8. The predicted molar refractivity (Wildman–Crippen MR) is 97.4 cm³/mol. The van der Waals surface area contributed by atoms with Gasteiger partial charge in [0.1, 0.15) is 5.82 Å². The number of anilines is 1. The first kappa shape index (κ1) is 22.1. The molecule has 0 spiro atoms. The maximum atomic E-state index is 15.9. The molecule has 1 aromatic rings. The molecule has 9 nitrogen and oxygen atoms in total. The van der Waals surface area contributed by atoms with Crippen LogP contribution in [0.4, 0.5) is 10.2 Å². The zero-order valence-corrected chi connectivity index (χ0v) is 16.4.